The summed E-state index contributed by atoms with van der Waals surface area (Å²) in [7, 11) is 0.874. The van der Waals surface area contributed by atoms with E-state index in [2.05, 4.69) is 6.92 Å². The summed E-state index contributed by atoms with van der Waals surface area (Å²) in [6, 6.07) is 14.3. The molecule has 3 atom stereocenters. The van der Waals surface area contributed by atoms with E-state index < -0.39 is 23.9 Å². The third-order valence-corrected chi connectivity index (χ3v) is 5.16. The standard InChI is InChI=1S/C21H21F3O3/c1-14-12-13-18(17-11-7-6-10-16(14)17)27-19(25)20(26-2,21(22,23)24)15-8-4-3-5-9-15/h3-11,14,18H,12-13H2,1-2H3/t14-,18+,20+/m0/s1. The van der Waals surface area contributed by atoms with Crippen molar-refractivity contribution in [3.05, 3.63) is 71.3 Å². The van der Waals surface area contributed by atoms with Crippen LogP contribution in [-0.4, -0.2) is 19.3 Å². The summed E-state index contributed by atoms with van der Waals surface area (Å²) in [5.41, 5.74) is -1.71. The van der Waals surface area contributed by atoms with Crippen LogP contribution in [0, 0.1) is 0 Å². The van der Waals surface area contributed by atoms with Gasteiger partial charge in [0.2, 0.25) is 0 Å². The number of benzene rings is 2. The van der Waals surface area contributed by atoms with E-state index in [1.54, 1.807) is 18.2 Å². The fourth-order valence-electron chi connectivity index (χ4n) is 3.69. The van der Waals surface area contributed by atoms with Crippen molar-refractivity contribution in [3.63, 3.8) is 0 Å². The molecule has 1 aliphatic carbocycles. The maximum Gasteiger partial charge on any atom is 0.432 e. The average Bonchev–Trinajstić information content (AvgIpc) is 2.65. The SMILES string of the molecule is CO[C@@](C(=O)O[C@@H]1CC[C@H](C)c2ccccc21)(c1ccccc1)C(F)(F)F. The van der Waals surface area contributed by atoms with E-state index in [0.29, 0.717) is 6.42 Å². The first-order valence-corrected chi connectivity index (χ1v) is 8.78. The van der Waals surface area contributed by atoms with Gasteiger partial charge in [0.15, 0.2) is 0 Å². The van der Waals surface area contributed by atoms with Crippen LogP contribution in [0.1, 0.15) is 48.5 Å². The number of methoxy groups -OCH3 is 1. The number of alkyl halides is 3. The molecule has 2 aromatic carbocycles. The highest BCUT2D eigenvalue weighted by Crippen LogP contribution is 2.46. The molecule has 0 fully saturated rings. The monoisotopic (exact) mass is 378 g/mol. The van der Waals surface area contributed by atoms with Crippen LogP contribution in [0.4, 0.5) is 13.2 Å². The topological polar surface area (TPSA) is 35.5 Å². The lowest BCUT2D eigenvalue weighted by Crippen LogP contribution is -2.52. The van der Waals surface area contributed by atoms with Crippen LogP contribution >= 0.6 is 0 Å². The summed E-state index contributed by atoms with van der Waals surface area (Å²) < 4.78 is 52.2. The van der Waals surface area contributed by atoms with E-state index in [9.17, 15) is 18.0 Å². The highest BCUT2D eigenvalue weighted by Gasteiger charge is 2.64. The molecule has 0 spiro atoms. The van der Waals surface area contributed by atoms with Crippen LogP contribution in [0.5, 0.6) is 0 Å². The lowest BCUT2D eigenvalue weighted by molar-refractivity contribution is -0.278. The first kappa shape index (κ1) is 19.4. The Morgan fingerprint density at radius 2 is 1.56 bits per heavy atom. The number of hydrogen-bond donors (Lipinski definition) is 0. The fraction of sp³-hybridized carbons (Fsp3) is 0.381. The number of carbonyl (C=O) groups is 1. The molecule has 0 amide bonds. The fourth-order valence-corrected chi connectivity index (χ4v) is 3.69. The van der Waals surface area contributed by atoms with Crippen LogP contribution < -0.4 is 0 Å². The van der Waals surface area contributed by atoms with Gasteiger partial charge in [0.1, 0.15) is 6.10 Å². The molecule has 0 aliphatic heterocycles. The van der Waals surface area contributed by atoms with Gasteiger partial charge < -0.3 is 9.47 Å². The number of esters is 1. The van der Waals surface area contributed by atoms with Gasteiger partial charge in [-0.1, -0.05) is 61.5 Å². The normalized spacial score (nSPS) is 21.8. The molecule has 0 heterocycles. The van der Waals surface area contributed by atoms with Crippen molar-refractivity contribution >= 4 is 5.97 Å². The van der Waals surface area contributed by atoms with E-state index in [0.717, 1.165) is 24.7 Å². The zero-order valence-electron chi connectivity index (χ0n) is 15.1. The Morgan fingerprint density at radius 3 is 2.15 bits per heavy atom. The molecule has 0 aromatic heterocycles. The second-order valence-corrected chi connectivity index (χ2v) is 6.75. The molecule has 0 radical (unpaired) electrons. The van der Waals surface area contributed by atoms with Crippen molar-refractivity contribution in [2.45, 2.75) is 43.6 Å². The molecule has 144 valence electrons. The third kappa shape index (κ3) is 3.34. The second kappa shape index (κ2) is 7.35. The highest BCUT2D eigenvalue weighted by atomic mass is 19.4. The summed E-state index contributed by atoms with van der Waals surface area (Å²) in [5, 5.41) is 0. The molecule has 0 N–H and O–H groups in total. The lowest BCUT2D eigenvalue weighted by Gasteiger charge is -2.35. The van der Waals surface area contributed by atoms with Gasteiger partial charge in [-0.15, -0.1) is 0 Å². The quantitative estimate of drug-likeness (QED) is 0.680. The minimum atomic E-state index is -4.97. The van der Waals surface area contributed by atoms with E-state index in [1.807, 2.05) is 12.1 Å². The van der Waals surface area contributed by atoms with Crippen LogP contribution in [0.15, 0.2) is 54.6 Å². The number of fused-ring (bicyclic) bond motifs is 1. The van der Waals surface area contributed by atoms with Crippen molar-refractivity contribution < 1.29 is 27.4 Å². The van der Waals surface area contributed by atoms with Crippen LogP contribution in [-0.2, 0) is 19.9 Å². The molecule has 3 rings (SSSR count). The first-order chi connectivity index (χ1) is 12.8. The summed E-state index contributed by atoms with van der Waals surface area (Å²) in [6.45, 7) is 2.05. The Kier molecular flexibility index (Phi) is 5.29. The zero-order chi connectivity index (χ0) is 19.7. The van der Waals surface area contributed by atoms with Crippen molar-refractivity contribution in [1.29, 1.82) is 0 Å². The van der Waals surface area contributed by atoms with Gasteiger partial charge in [-0.25, -0.2) is 4.79 Å². The number of carbonyl (C=O) groups excluding carboxylic acids is 1. The molecule has 1 aliphatic rings. The number of hydrogen-bond acceptors (Lipinski definition) is 3. The number of halogens is 3. The summed E-state index contributed by atoms with van der Waals surface area (Å²) in [4.78, 5) is 12.8. The molecule has 0 bridgehead atoms. The molecule has 0 saturated carbocycles. The molecule has 0 unspecified atom stereocenters. The Bertz CT molecular complexity index is 804. The van der Waals surface area contributed by atoms with Gasteiger partial charge in [-0.3, -0.25) is 0 Å². The molecule has 27 heavy (non-hydrogen) atoms. The van der Waals surface area contributed by atoms with Gasteiger partial charge in [0, 0.05) is 12.7 Å². The molecule has 2 aromatic rings. The van der Waals surface area contributed by atoms with E-state index in [4.69, 9.17) is 9.47 Å². The van der Waals surface area contributed by atoms with Gasteiger partial charge >= 0.3 is 12.1 Å². The van der Waals surface area contributed by atoms with Crippen LogP contribution in [0.2, 0.25) is 0 Å². The zero-order valence-corrected chi connectivity index (χ0v) is 15.1. The van der Waals surface area contributed by atoms with E-state index in [-0.39, 0.29) is 11.5 Å². The maximum absolute atomic E-state index is 14.0. The minimum Gasteiger partial charge on any atom is -0.455 e. The Morgan fingerprint density at radius 1 is 0.963 bits per heavy atom. The third-order valence-electron chi connectivity index (χ3n) is 5.16. The second-order valence-electron chi connectivity index (χ2n) is 6.75. The Labute approximate surface area is 156 Å². The van der Waals surface area contributed by atoms with E-state index >= 15 is 0 Å². The van der Waals surface area contributed by atoms with Gasteiger partial charge in [0.25, 0.3) is 5.60 Å². The number of rotatable bonds is 4. The minimum absolute atomic E-state index is 0.264. The summed E-state index contributed by atoms with van der Waals surface area (Å²) >= 11 is 0. The average molecular weight is 378 g/mol. The summed E-state index contributed by atoms with van der Waals surface area (Å²) in [5.74, 6) is -1.18. The molecular weight excluding hydrogens is 357 g/mol. The van der Waals surface area contributed by atoms with Crippen LogP contribution in [0.3, 0.4) is 0 Å². The van der Waals surface area contributed by atoms with Crippen LogP contribution in [0.25, 0.3) is 0 Å². The van der Waals surface area contributed by atoms with E-state index in [1.165, 1.54) is 24.3 Å². The summed E-state index contributed by atoms with van der Waals surface area (Å²) in [6.07, 6.45) is -4.50. The van der Waals surface area contributed by atoms with Crippen molar-refractivity contribution in [1.82, 2.24) is 0 Å². The number of ether oxygens (including phenoxy) is 2. The smallest absolute Gasteiger partial charge is 0.432 e. The Balaban J connectivity index is 1.99. The predicted molar refractivity (Wildman–Crippen MR) is 94.1 cm³/mol. The molecular formula is C21H21F3O3. The van der Waals surface area contributed by atoms with Gasteiger partial charge in [-0.2, -0.15) is 13.2 Å². The Hall–Kier alpha value is -2.34. The highest BCUT2D eigenvalue weighted by molar-refractivity contribution is 5.83. The molecule has 6 heteroatoms. The first-order valence-electron chi connectivity index (χ1n) is 8.78. The van der Waals surface area contributed by atoms with Crippen molar-refractivity contribution in [2.24, 2.45) is 0 Å². The molecule has 3 nitrogen and oxygen atoms in total. The van der Waals surface area contributed by atoms with Gasteiger partial charge in [-0.05, 0) is 29.9 Å². The van der Waals surface area contributed by atoms with Gasteiger partial charge in [0.05, 0.1) is 0 Å². The lowest BCUT2D eigenvalue weighted by atomic mass is 9.82. The maximum atomic E-state index is 14.0. The van der Waals surface area contributed by atoms with Crippen molar-refractivity contribution in [3.8, 4) is 0 Å². The largest absolute Gasteiger partial charge is 0.455 e. The van der Waals surface area contributed by atoms with Crippen molar-refractivity contribution in [2.75, 3.05) is 7.11 Å². The molecule has 0 saturated heterocycles. The predicted octanol–water partition coefficient (Wildman–Crippen LogP) is 5.27.